The summed E-state index contributed by atoms with van der Waals surface area (Å²) >= 11 is 6.20. The summed E-state index contributed by atoms with van der Waals surface area (Å²) in [4.78, 5) is 4.84. The number of nitrogens with two attached hydrogens (primary N) is 1. The number of nitrogens with zero attached hydrogens (tertiary/aromatic N) is 2. The van der Waals surface area contributed by atoms with Crippen LogP contribution in [0.4, 0.5) is 4.39 Å². The topological polar surface area (TPSA) is 32.5 Å². The first-order valence-corrected chi connectivity index (χ1v) is 7.70. The first-order valence-electron chi connectivity index (χ1n) is 7.32. The van der Waals surface area contributed by atoms with Crippen molar-refractivity contribution in [2.75, 3.05) is 32.7 Å². The van der Waals surface area contributed by atoms with Gasteiger partial charge in [-0.1, -0.05) is 17.7 Å². The molecule has 2 heterocycles. The summed E-state index contributed by atoms with van der Waals surface area (Å²) in [6, 6.07) is 5.34. The first-order chi connectivity index (χ1) is 9.70. The molecule has 0 aromatic heterocycles. The first kappa shape index (κ1) is 14.3. The minimum atomic E-state index is -0.248. The lowest BCUT2D eigenvalue weighted by atomic mass is 10.0. The van der Waals surface area contributed by atoms with Crippen LogP contribution in [-0.2, 0) is 0 Å². The number of hydrogen-bond donors (Lipinski definition) is 1. The maximum atomic E-state index is 14.1. The van der Waals surface area contributed by atoms with Crippen LogP contribution in [0.15, 0.2) is 18.2 Å². The predicted molar refractivity (Wildman–Crippen MR) is 79.4 cm³/mol. The van der Waals surface area contributed by atoms with E-state index in [0.29, 0.717) is 23.2 Å². The van der Waals surface area contributed by atoms with Crippen molar-refractivity contribution in [2.45, 2.75) is 24.9 Å². The van der Waals surface area contributed by atoms with E-state index < -0.39 is 0 Å². The van der Waals surface area contributed by atoms with Gasteiger partial charge in [-0.3, -0.25) is 9.80 Å². The van der Waals surface area contributed by atoms with Crippen LogP contribution in [0.2, 0.25) is 5.02 Å². The smallest absolute Gasteiger partial charge is 0.129 e. The second-order valence-corrected chi connectivity index (χ2v) is 6.12. The van der Waals surface area contributed by atoms with Crippen LogP contribution in [0.3, 0.4) is 0 Å². The standard InChI is InChI=1S/C15H21ClFN3/c16-12-4-1-5-13(17)15(12)14(9-18)20-8-7-19-6-2-3-11(19)10-20/h1,4-5,11,14H,2-3,6-10,18H2. The van der Waals surface area contributed by atoms with Gasteiger partial charge in [0.15, 0.2) is 0 Å². The lowest BCUT2D eigenvalue weighted by Gasteiger charge is -2.41. The lowest BCUT2D eigenvalue weighted by molar-refractivity contribution is 0.0725. The van der Waals surface area contributed by atoms with Crippen LogP contribution in [0.1, 0.15) is 24.4 Å². The van der Waals surface area contributed by atoms with Gasteiger partial charge in [0.25, 0.3) is 0 Å². The average molecular weight is 298 g/mol. The fourth-order valence-electron chi connectivity index (χ4n) is 3.58. The van der Waals surface area contributed by atoms with E-state index in [0.717, 1.165) is 19.6 Å². The van der Waals surface area contributed by atoms with Gasteiger partial charge < -0.3 is 5.73 Å². The Labute approximate surface area is 124 Å². The van der Waals surface area contributed by atoms with Gasteiger partial charge in [0.1, 0.15) is 5.82 Å². The Hall–Kier alpha value is -0.680. The third-order valence-corrected chi connectivity index (χ3v) is 4.95. The van der Waals surface area contributed by atoms with Gasteiger partial charge in [-0.15, -0.1) is 0 Å². The molecule has 0 amide bonds. The lowest BCUT2D eigenvalue weighted by Crippen LogP contribution is -2.52. The molecule has 1 aromatic rings. The maximum Gasteiger partial charge on any atom is 0.129 e. The van der Waals surface area contributed by atoms with E-state index in [-0.39, 0.29) is 11.9 Å². The van der Waals surface area contributed by atoms with Crippen LogP contribution in [0.5, 0.6) is 0 Å². The highest BCUT2D eigenvalue weighted by atomic mass is 35.5. The molecular weight excluding hydrogens is 277 g/mol. The SMILES string of the molecule is NCC(c1c(F)cccc1Cl)N1CCN2CCCC2C1. The van der Waals surface area contributed by atoms with E-state index >= 15 is 0 Å². The predicted octanol–water partition coefficient (Wildman–Crippen LogP) is 2.26. The molecule has 2 N–H and O–H groups in total. The average Bonchev–Trinajstić information content (AvgIpc) is 2.90. The van der Waals surface area contributed by atoms with Gasteiger partial charge in [0.05, 0.1) is 6.04 Å². The fraction of sp³-hybridized carbons (Fsp3) is 0.600. The van der Waals surface area contributed by atoms with Gasteiger partial charge in [-0.25, -0.2) is 4.39 Å². The van der Waals surface area contributed by atoms with E-state index in [9.17, 15) is 4.39 Å². The van der Waals surface area contributed by atoms with Crippen molar-refractivity contribution in [2.24, 2.45) is 5.73 Å². The third-order valence-electron chi connectivity index (χ3n) is 4.62. The summed E-state index contributed by atoms with van der Waals surface area (Å²) in [6.07, 6.45) is 2.51. The number of benzene rings is 1. The molecule has 2 aliphatic heterocycles. The molecule has 2 atom stereocenters. The van der Waals surface area contributed by atoms with Gasteiger partial charge >= 0.3 is 0 Å². The highest BCUT2D eigenvalue weighted by molar-refractivity contribution is 6.31. The molecule has 0 spiro atoms. The normalized spacial score (nSPS) is 25.6. The van der Waals surface area contributed by atoms with Crippen molar-refractivity contribution in [3.05, 3.63) is 34.6 Å². The number of fused-ring (bicyclic) bond motifs is 1. The van der Waals surface area contributed by atoms with Crippen LogP contribution >= 0.6 is 11.6 Å². The number of piperazine rings is 1. The largest absolute Gasteiger partial charge is 0.329 e. The van der Waals surface area contributed by atoms with E-state index in [1.54, 1.807) is 12.1 Å². The Morgan fingerprint density at radius 1 is 1.35 bits per heavy atom. The summed E-state index contributed by atoms with van der Waals surface area (Å²) in [5.41, 5.74) is 6.49. The molecule has 0 radical (unpaired) electrons. The van der Waals surface area contributed by atoms with Crippen molar-refractivity contribution in [3.63, 3.8) is 0 Å². The summed E-state index contributed by atoms with van der Waals surface area (Å²) < 4.78 is 14.1. The summed E-state index contributed by atoms with van der Waals surface area (Å²) in [5.74, 6) is -0.248. The van der Waals surface area contributed by atoms with Gasteiger partial charge in [0.2, 0.25) is 0 Å². The van der Waals surface area contributed by atoms with Crippen molar-refractivity contribution in [1.82, 2.24) is 9.80 Å². The molecule has 0 saturated carbocycles. The zero-order valence-corrected chi connectivity index (χ0v) is 12.3. The monoisotopic (exact) mass is 297 g/mol. The summed E-state index contributed by atoms with van der Waals surface area (Å²) in [6.45, 7) is 4.54. The third kappa shape index (κ3) is 2.58. The zero-order chi connectivity index (χ0) is 14.1. The van der Waals surface area contributed by atoms with Crippen LogP contribution < -0.4 is 5.73 Å². The van der Waals surface area contributed by atoms with Crippen LogP contribution in [0.25, 0.3) is 0 Å². The molecule has 2 unspecified atom stereocenters. The van der Waals surface area contributed by atoms with Gasteiger partial charge in [0, 0.05) is 42.8 Å². The molecule has 0 aliphatic carbocycles. The van der Waals surface area contributed by atoms with E-state index in [1.807, 2.05) is 0 Å². The Bertz CT molecular complexity index is 462. The van der Waals surface area contributed by atoms with Crippen molar-refractivity contribution >= 4 is 11.6 Å². The van der Waals surface area contributed by atoms with Crippen LogP contribution in [-0.4, -0.2) is 48.6 Å². The number of rotatable bonds is 3. The molecule has 2 aliphatic rings. The molecule has 20 heavy (non-hydrogen) atoms. The minimum absolute atomic E-state index is 0.119. The molecule has 3 rings (SSSR count). The molecule has 1 aromatic carbocycles. The molecule has 3 nitrogen and oxygen atoms in total. The summed E-state index contributed by atoms with van der Waals surface area (Å²) in [7, 11) is 0. The van der Waals surface area contributed by atoms with Crippen molar-refractivity contribution < 1.29 is 4.39 Å². The molecule has 2 saturated heterocycles. The van der Waals surface area contributed by atoms with E-state index in [2.05, 4.69) is 9.80 Å². The highest BCUT2D eigenvalue weighted by Crippen LogP contribution is 2.32. The highest BCUT2D eigenvalue weighted by Gasteiger charge is 2.34. The number of hydrogen-bond acceptors (Lipinski definition) is 3. The molecule has 110 valence electrons. The molecular formula is C15H21ClFN3. The zero-order valence-electron chi connectivity index (χ0n) is 11.6. The number of halogens is 2. The minimum Gasteiger partial charge on any atom is -0.329 e. The Morgan fingerprint density at radius 3 is 2.95 bits per heavy atom. The summed E-state index contributed by atoms with van der Waals surface area (Å²) in [5, 5.41) is 0.481. The second kappa shape index (κ2) is 5.98. The molecule has 5 heteroatoms. The molecule has 2 fully saturated rings. The Balaban J connectivity index is 1.83. The van der Waals surface area contributed by atoms with E-state index in [4.69, 9.17) is 17.3 Å². The quantitative estimate of drug-likeness (QED) is 0.929. The Morgan fingerprint density at radius 2 is 2.20 bits per heavy atom. The molecule has 0 bridgehead atoms. The Kier molecular flexibility index (Phi) is 4.26. The van der Waals surface area contributed by atoms with Crippen molar-refractivity contribution in [1.29, 1.82) is 0 Å². The van der Waals surface area contributed by atoms with Crippen molar-refractivity contribution in [3.8, 4) is 0 Å². The maximum absolute atomic E-state index is 14.1. The van der Waals surface area contributed by atoms with E-state index in [1.165, 1.54) is 25.5 Å². The van der Waals surface area contributed by atoms with Gasteiger partial charge in [-0.2, -0.15) is 0 Å². The van der Waals surface area contributed by atoms with Crippen LogP contribution in [0, 0.1) is 5.82 Å². The second-order valence-electron chi connectivity index (χ2n) is 5.71. The van der Waals surface area contributed by atoms with Gasteiger partial charge in [-0.05, 0) is 31.5 Å². The fourth-order valence-corrected chi connectivity index (χ4v) is 3.87.